The second-order valence-corrected chi connectivity index (χ2v) is 4.67. The molecule has 90 valence electrons. The molecule has 19 heavy (non-hydrogen) atoms. The minimum atomic E-state index is 0.924. The SMILES string of the molecule is c1coc(-c2c3ccccc3cc3ccccc23)c1. The number of hydrogen-bond donors (Lipinski definition) is 0. The lowest BCUT2D eigenvalue weighted by Crippen LogP contribution is -1.83. The third-order valence-corrected chi connectivity index (χ3v) is 3.54. The van der Waals surface area contributed by atoms with E-state index in [1.54, 1.807) is 6.26 Å². The van der Waals surface area contributed by atoms with E-state index in [9.17, 15) is 0 Å². The highest BCUT2D eigenvalue weighted by Crippen LogP contribution is 2.36. The zero-order valence-electron chi connectivity index (χ0n) is 10.3. The van der Waals surface area contributed by atoms with E-state index < -0.39 is 0 Å². The van der Waals surface area contributed by atoms with Crippen molar-refractivity contribution >= 4 is 21.5 Å². The molecule has 0 amide bonds. The van der Waals surface area contributed by atoms with Gasteiger partial charge in [-0.25, -0.2) is 0 Å². The Hall–Kier alpha value is -2.54. The van der Waals surface area contributed by atoms with Crippen LogP contribution in [0, 0.1) is 0 Å². The number of hydrogen-bond acceptors (Lipinski definition) is 1. The molecule has 1 heteroatoms. The molecular weight excluding hydrogens is 232 g/mol. The number of fused-ring (bicyclic) bond motifs is 2. The molecule has 4 aromatic rings. The summed E-state index contributed by atoms with van der Waals surface area (Å²) in [5.74, 6) is 0.924. The molecule has 0 aliphatic carbocycles. The largest absolute Gasteiger partial charge is 0.464 e. The second kappa shape index (κ2) is 3.99. The van der Waals surface area contributed by atoms with Crippen LogP contribution >= 0.6 is 0 Å². The molecule has 3 aromatic carbocycles. The molecule has 0 saturated heterocycles. The monoisotopic (exact) mass is 244 g/mol. The molecular formula is C18H12O. The first kappa shape index (κ1) is 10.4. The fourth-order valence-corrected chi connectivity index (χ4v) is 2.70. The van der Waals surface area contributed by atoms with E-state index in [4.69, 9.17) is 4.42 Å². The summed E-state index contributed by atoms with van der Waals surface area (Å²) in [6.45, 7) is 0. The molecule has 0 saturated carbocycles. The second-order valence-electron chi connectivity index (χ2n) is 4.67. The molecule has 0 aliphatic rings. The Morgan fingerprint density at radius 3 is 1.84 bits per heavy atom. The maximum absolute atomic E-state index is 5.64. The van der Waals surface area contributed by atoms with Crippen LogP contribution in [0.1, 0.15) is 0 Å². The molecule has 0 bridgehead atoms. The van der Waals surface area contributed by atoms with Crippen LogP contribution in [0.25, 0.3) is 32.9 Å². The minimum Gasteiger partial charge on any atom is -0.464 e. The van der Waals surface area contributed by atoms with Gasteiger partial charge in [0.15, 0.2) is 0 Å². The van der Waals surface area contributed by atoms with Gasteiger partial charge in [0.05, 0.1) is 6.26 Å². The van der Waals surface area contributed by atoms with Crippen LogP contribution < -0.4 is 0 Å². The molecule has 0 aliphatic heterocycles. The molecule has 0 radical (unpaired) electrons. The third-order valence-electron chi connectivity index (χ3n) is 3.54. The summed E-state index contributed by atoms with van der Waals surface area (Å²) in [5.41, 5.74) is 1.18. The molecule has 4 rings (SSSR count). The highest BCUT2D eigenvalue weighted by Gasteiger charge is 2.10. The summed E-state index contributed by atoms with van der Waals surface area (Å²) in [7, 11) is 0. The standard InChI is InChI=1S/C18H12O/c1-3-8-15-13(6-1)12-14-7-2-4-9-16(14)18(15)17-10-5-11-19-17/h1-12H. The van der Waals surface area contributed by atoms with Crippen molar-refractivity contribution in [3.63, 3.8) is 0 Å². The van der Waals surface area contributed by atoms with E-state index >= 15 is 0 Å². The Labute approximate surface area is 111 Å². The van der Waals surface area contributed by atoms with Crippen molar-refractivity contribution in [2.75, 3.05) is 0 Å². The Morgan fingerprint density at radius 1 is 0.632 bits per heavy atom. The summed E-state index contributed by atoms with van der Waals surface area (Å²) in [6.07, 6.45) is 1.73. The van der Waals surface area contributed by atoms with Crippen molar-refractivity contribution < 1.29 is 4.42 Å². The highest BCUT2D eigenvalue weighted by atomic mass is 16.3. The Bertz CT molecular complexity index is 803. The molecule has 1 nitrogen and oxygen atoms in total. The molecule has 0 fully saturated rings. The summed E-state index contributed by atoms with van der Waals surface area (Å²) in [4.78, 5) is 0. The van der Waals surface area contributed by atoms with E-state index in [1.807, 2.05) is 12.1 Å². The Balaban J connectivity index is 2.27. The summed E-state index contributed by atoms with van der Waals surface area (Å²) < 4.78 is 5.64. The van der Waals surface area contributed by atoms with Crippen LogP contribution in [0.2, 0.25) is 0 Å². The maximum atomic E-state index is 5.64. The lowest BCUT2D eigenvalue weighted by atomic mass is 9.95. The van der Waals surface area contributed by atoms with Crippen LogP contribution in [0.5, 0.6) is 0 Å². The van der Waals surface area contributed by atoms with E-state index in [-0.39, 0.29) is 0 Å². The fourth-order valence-electron chi connectivity index (χ4n) is 2.70. The lowest BCUT2D eigenvalue weighted by molar-refractivity contribution is 0.583. The Morgan fingerprint density at radius 2 is 1.26 bits per heavy atom. The lowest BCUT2D eigenvalue weighted by Gasteiger charge is -2.09. The van der Waals surface area contributed by atoms with E-state index in [1.165, 1.54) is 27.1 Å². The minimum absolute atomic E-state index is 0.924. The molecule has 0 spiro atoms. The molecule has 1 aromatic heterocycles. The zero-order chi connectivity index (χ0) is 12.7. The zero-order valence-corrected chi connectivity index (χ0v) is 10.3. The van der Waals surface area contributed by atoms with Crippen molar-refractivity contribution in [3.8, 4) is 11.3 Å². The number of benzene rings is 3. The summed E-state index contributed by atoms with van der Waals surface area (Å²) in [5, 5.41) is 4.95. The topological polar surface area (TPSA) is 13.1 Å². The van der Waals surface area contributed by atoms with Gasteiger partial charge in [0.1, 0.15) is 5.76 Å². The van der Waals surface area contributed by atoms with Gasteiger partial charge in [-0.05, 0) is 39.7 Å². The van der Waals surface area contributed by atoms with Crippen molar-refractivity contribution in [2.45, 2.75) is 0 Å². The van der Waals surface area contributed by atoms with Gasteiger partial charge < -0.3 is 4.42 Å². The van der Waals surface area contributed by atoms with Crippen LogP contribution in [0.3, 0.4) is 0 Å². The first-order valence-corrected chi connectivity index (χ1v) is 6.38. The maximum Gasteiger partial charge on any atom is 0.135 e. The van der Waals surface area contributed by atoms with Gasteiger partial charge in [0.25, 0.3) is 0 Å². The molecule has 0 atom stereocenters. The van der Waals surface area contributed by atoms with Crippen LogP contribution in [0.15, 0.2) is 77.4 Å². The van der Waals surface area contributed by atoms with Crippen molar-refractivity contribution in [2.24, 2.45) is 0 Å². The number of furan rings is 1. The van der Waals surface area contributed by atoms with Gasteiger partial charge in [-0.2, -0.15) is 0 Å². The van der Waals surface area contributed by atoms with Gasteiger partial charge >= 0.3 is 0 Å². The fraction of sp³-hybridized carbons (Fsp3) is 0. The average molecular weight is 244 g/mol. The predicted octanol–water partition coefficient (Wildman–Crippen LogP) is 5.25. The van der Waals surface area contributed by atoms with Crippen molar-refractivity contribution in [3.05, 3.63) is 73.0 Å². The average Bonchev–Trinajstić information content (AvgIpc) is 2.98. The van der Waals surface area contributed by atoms with Crippen LogP contribution in [-0.4, -0.2) is 0 Å². The van der Waals surface area contributed by atoms with E-state index in [0.29, 0.717) is 0 Å². The quantitative estimate of drug-likeness (QED) is 0.417. The van der Waals surface area contributed by atoms with Crippen molar-refractivity contribution in [1.29, 1.82) is 0 Å². The van der Waals surface area contributed by atoms with Gasteiger partial charge in [-0.15, -0.1) is 0 Å². The van der Waals surface area contributed by atoms with Gasteiger partial charge in [0.2, 0.25) is 0 Å². The third kappa shape index (κ3) is 1.55. The van der Waals surface area contributed by atoms with Crippen LogP contribution in [0.4, 0.5) is 0 Å². The highest BCUT2D eigenvalue weighted by molar-refractivity contribution is 6.11. The normalized spacial score (nSPS) is 11.2. The summed E-state index contributed by atoms with van der Waals surface area (Å²) >= 11 is 0. The predicted molar refractivity (Wildman–Crippen MR) is 79.2 cm³/mol. The van der Waals surface area contributed by atoms with Crippen molar-refractivity contribution in [1.82, 2.24) is 0 Å². The molecule has 0 unspecified atom stereocenters. The van der Waals surface area contributed by atoms with Crippen LogP contribution in [-0.2, 0) is 0 Å². The number of rotatable bonds is 1. The Kier molecular flexibility index (Phi) is 2.18. The first-order valence-electron chi connectivity index (χ1n) is 6.38. The van der Waals surface area contributed by atoms with E-state index in [0.717, 1.165) is 5.76 Å². The molecule has 1 heterocycles. The van der Waals surface area contributed by atoms with Gasteiger partial charge in [0, 0.05) is 5.56 Å². The molecule has 0 N–H and O–H groups in total. The smallest absolute Gasteiger partial charge is 0.135 e. The van der Waals surface area contributed by atoms with Gasteiger partial charge in [-0.1, -0.05) is 48.5 Å². The first-order chi connectivity index (χ1) is 9.43. The van der Waals surface area contributed by atoms with Gasteiger partial charge in [-0.3, -0.25) is 0 Å². The van der Waals surface area contributed by atoms with E-state index in [2.05, 4.69) is 54.6 Å². The summed E-state index contributed by atoms with van der Waals surface area (Å²) in [6, 6.07) is 23.1.